The Bertz CT molecular complexity index is 339. The molecule has 110 valence electrons. The Labute approximate surface area is 114 Å². The number of ether oxygens (including phenoxy) is 1. The van der Waals surface area contributed by atoms with E-state index < -0.39 is 5.60 Å². The van der Waals surface area contributed by atoms with E-state index in [4.69, 9.17) is 10.5 Å². The Kier molecular flexibility index (Phi) is 5.17. The highest BCUT2D eigenvalue weighted by atomic mass is 16.6. The van der Waals surface area contributed by atoms with E-state index in [1.54, 1.807) is 9.80 Å². The summed E-state index contributed by atoms with van der Waals surface area (Å²) in [6.07, 6.45) is 0.459. The lowest BCUT2D eigenvalue weighted by molar-refractivity contribution is -0.128. The molecular weight excluding hydrogens is 246 g/mol. The van der Waals surface area contributed by atoms with Crippen LogP contribution in [0.1, 0.15) is 34.1 Å². The zero-order valence-electron chi connectivity index (χ0n) is 12.3. The summed E-state index contributed by atoms with van der Waals surface area (Å²) in [4.78, 5) is 27.0. The van der Waals surface area contributed by atoms with E-state index >= 15 is 0 Å². The maximum absolute atomic E-state index is 12.1. The molecule has 0 saturated carbocycles. The summed E-state index contributed by atoms with van der Waals surface area (Å²) >= 11 is 0. The van der Waals surface area contributed by atoms with E-state index in [2.05, 4.69) is 0 Å². The minimum atomic E-state index is -0.504. The highest BCUT2D eigenvalue weighted by Crippen LogP contribution is 2.18. The van der Waals surface area contributed by atoms with Gasteiger partial charge in [-0.15, -0.1) is 0 Å². The monoisotopic (exact) mass is 271 g/mol. The maximum Gasteiger partial charge on any atom is 0.410 e. The Balaban J connectivity index is 2.62. The third-order valence-corrected chi connectivity index (χ3v) is 3.10. The van der Waals surface area contributed by atoms with Crippen molar-refractivity contribution in [1.82, 2.24) is 9.80 Å². The molecule has 2 amide bonds. The first-order chi connectivity index (χ1) is 8.78. The maximum atomic E-state index is 12.1. The van der Waals surface area contributed by atoms with Crippen molar-refractivity contribution >= 4 is 12.0 Å². The van der Waals surface area contributed by atoms with Gasteiger partial charge in [-0.2, -0.15) is 0 Å². The summed E-state index contributed by atoms with van der Waals surface area (Å²) in [5.74, 6) is -0.0669. The lowest BCUT2D eigenvalue weighted by Gasteiger charge is -2.30. The number of nitrogens with zero attached hydrogens (tertiary/aromatic N) is 2. The van der Waals surface area contributed by atoms with Crippen molar-refractivity contribution in [2.24, 2.45) is 5.73 Å². The molecule has 0 radical (unpaired) electrons. The van der Waals surface area contributed by atoms with E-state index in [9.17, 15) is 9.59 Å². The molecule has 6 heteroatoms. The second-order valence-electron chi connectivity index (χ2n) is 5.75. The van der Waals surface area contributed by atoms with Gasteiger partial charge in [0, 0.05) is 19.6 Å². The lowest BCUT2D eigenvalue weighted by Crippen LogP contribution is -2.45. The van der Waals surface area contributed by atoms with Crippen LogP contribution in [0.15, 0.2) is 0 Å². The number of carbonyl (C=O) groups is 2. The summed E-state index contributed by atoms with van der Waals surface area (Å²) in [7, 11) is 0. The number of carbonyl (C=O) groups excluding carboxylic acids is 2. The zero-order valence-corrected chi connectivity index (χ0v) is 12.3. The van der Waals surface area contributed by atoms with Gasteiger partial charge in [0.2, 0.25) is 5.91 Å². The second-order valence-corrected chi connectivity index (χ2v) is 5.75. The number of likely N-dealkylation sites (tertiary alicyclic amines) is 1. The largest absolute Gasteiger partial charge is 0.444 e. The molecule has 1 saturated heterocycles. The van der Waals surface area contributed by atoms with Crippen LogP contribution in [-0.4, -0.2) is 59.6 Å². The standard InChI is InChI=1S/C13H25N3O3/c1-5-16(12(18)19-13(2,3)4)10-6-7-15(9-10)11(17)8-14/h10H,5-9,14H2,1-4H3/t10-/m0/s1. The molecule has 0 spiro atoms. The molecule has 1 heterocycles. The third kappa shape index (κ3) is 4.38. The fraction of sp³-hybridized carbons (Fsp3) is 0.846. The second kappa shape index (κ2) is 6.23. The summed E-state index contributed by atoms with van der Waals surface area (Å²) in [6, 6.07) is 0.0235. The van der Waals surface area contributed by atoms with Gasteiger partial charge in [0.25, 0.3) is 0 Å². The van der Waals surface area contributed by atoms with Crippen LogP contribution in [0.25, 0.3) is 0 Å². The molecule has 2 N–H and O–H groups in total. The van der Waals surface area contributed by atoms with Crippen LogP contribution in [0.5, 0.6) is 0 Å². The van der Waals surface area contributed by atoms with Crippen molar-refractivity contribution in [2.75, 3.05) is 26.2 Å². The van der Waals surface area contributed by atoms with Crippen LogP contribution in [0, 0.1) is 0 Å². The van der Waals surface area contributed by atoms with Crippen molar-refractivity contribution < 1.29 is 14.3 Å². The number of hydrogen-bond acceptors (Lipinski definition) is 4. The van der Waals surface area contributed by atoms with E-state index in [-0.39, 0.29) is 24.6 Å². The van der Waals surface area contributed by atoms with Crippen LogP contribution >= 0.6 is 0 Å². The van der Waals surface area contributed by atoms with Gasteiger partial charge in [-0.05, 0) is 34.1 Å². The summed E-state index contributed by atoms with van der Waals surface area (Å²) in [5, 5.41) is 0. The zero-order chi connectivity index (χ0) is 14.6. The summed E-state index contributed by atoms with van der Waals surface area (Å²) in [6.45, 7) is 9.24. The van der Waals surface area contributed by atoms with Crippen LogP contribution in [0.4, 0.5) is 4.79 Å². The lowest BCUT2D eigenvalue weighted by atomic mass is 10.2. The SMILES string of the molecule is CCN(C(=O)OC(C)(C)C)[C@H]1CCN(C(=O)CN)C1. The van der Waals surface area contributed by atoms with E-state index in [0.29, 0.717) is 19.6 Å². The minimum Gasteiger partial charge on any atom is -0.444 e. The number of likely N-dealkylation sites (N-methyl/N-ethyl adjacent to an activating group) is 1. The van der Waals surface area contributed by atoms with Crippen molar-refractivity contribution in [3.8, 4) is 0 Å². The number of hydrogen-bond donors (Lipinski definition) is 1. The first kappa shape index (κ1) is 15.8. The quantitative estimate of drug-likeness (QED) is 0.824. The van der Waals surface area contributed by atoms with Crippen LogP contribution in [-0.2, 0) is 9.53 Å². The van der Waals surface area contributed by atoms with Gasteiger partial charge in [-0.3, -0.25) is 4.79 Å². The van der Waals surface area contributed by atoms with Gasteiger partial charge in [0.1, 0.15) is 5.60 Å². The molecule has 0 aromatic heterocycles. The number of amides is 2. The fourth-order valence-corrected chi connectivity index (χ4v) is 2.21. The van der Waals surface area contributed by atoms with Gasteiger partial charge >= 0.3 is 6.09 Å². The molecule has 0 aromatic carbocycles. The first-order valence-electron chi connectivity index (χ1n) is 6.76. The highest BCUT2D eigenvalue weighted by Gasteiger charge is 2.33. The van der Waals surface area contributed by atoms with Crippen molar-refractivity contribution in [3.05, 3.63) is 0 Å². The van der Waals surface area contributed by atoms with Gasteiger partial charge in [0.15, 0.2) is 0 Å². The van der Waals surface area contributed by atoms with E-state index in [1.807, 2.05) is 27.7 Å². The van der Waals surface area contributed by atoms with Gasteiger partial charge < -0.3 is 20.3 Å². The average molecular weight is 271 g/mol. The van der Waals surface area contributed by atoms with Gasteiger partial charge in [-0.1, -0.05) is 0 Å². The Morgan fingerprint density at radius 1 is 1.42 bits per heavy atom. The van der Waals surface area contributed by atoms with Crippen LogP contribution < -0.4 is 5.73 Å². The van der Waals surface area contributed by atoms with Crippen LogP contribution in [0.2, 0.25) is 0 Å². The van der Waals surface area contributed by atoms with Gasteiger partial charge in [0.05, 0.1) is 12.6 Å². The fourth-order valence-electron chi connectivity index (χ4n) is 2.21. The Hall–Kier alpha value is -1.30. The predicted octanol–water partition coefficient (Wildman–Crippen LogP) is 0.803. The molecule has 0 unspecified atom stereocenters. The van der Waals surface area contributed by atoms with E-state index in [0.717, 1.165) is 6.42 Å². The molecule has 1 atom stereocenters. The highest BCUT2D eigenvalue weighted by molar-refractivity contribution is 5.78. The Morgan fingerprint density at radius 3 is 2.53 bits per heavy atom. The van der Waals surface area contributed by atoms with Crippen molar-refractivity contribution in [1.29, 1.82) is 0 Å². The normalized spacial score (nSPS) is 19.4. The molecular formula is C13H25N3O3. The molecule has 6 nitrogen and oxygen atoms in total. The molecule has 19 heavy (non-hydrogen) atoms. The molecule has 0 aliphatic carbocycles. The predicted molar refractivity (Wildman–Crippen MR) is 72.7 cm³/mol. The van der Waals surface area contributed by atoms with Crippen molar-refractivity contribution in [3.63, 3.8) is 0 Å². The molecule has 1 aliphatic rings. The first-order valence-corrected chi connectivity index (χ1v) is 6.76. The Morgan fingerprint density at radius 2 is 2.05 bits per heavy atom. The smallest absolute Gasteiger partial charge is 0.410 e. The summed E-state index contributed by atoms with van der Waals surface area (Å²) in [5.41, 5.74) is 4.85. The molecule has 0 bridgehead atoms. The minimum absolute atomic E-state index is 0.0191. The topological polar surface area (TPSA) is 75.9 Å². The molecule has 1 fully saturated rings. The average Bonchev–Trinajstić information content (AvgIpc) is 2.76. The van der Waals surface area contributed by atoms with Gasteiger partial charge in [-0.25, -0.2) is 4.79 Å². The van der Waals surface area contributed by atoms with E-state index in [1.165, 1.54) is 0 Å². The number of rotatable bonds is 3. The number of nitrogens with two attached hydrogens (primary N) is 1. The van der Waals surface area contributed by atoms with Crippen LogP contribution in [0.3, 0.4) is 0 Å². The molecule has 1 rings (SSSR count). The molecule has 1 aliphatic heterocycles. The summed E-state index contributed by atoms with van der Waals surface area (Å²) < 4.78 is 5.38. The molecule has 0 aromatic rings. The van der Waals surface area contributed by atoms with Crippen molar-refractivity contribution in [2.45, 2.75) is 45.8 Å². The third-order valence-electron chi connectivity index (χ3n) is 3.10.